The molecule has 0 fully saturated rings. The van der Waals surface area contributed by atoms with Crippen molar-refractivity contribution in [2.75, 3.05) is 6.54 Å². The van der Waals surface area contributed by atoms with Crippen LogP contribution in [0, 0.1) is 0 Å². The number of benzene rings is 1. The maximum atomic E-state index is 3.51. The highest BCUT2D eigenvalue weighted by atomic mass is 14.9. The molecule has 2 unspecified atom stereocenters. The van der Waals surface area contributed by atoms with Crippen LogP contribution < -0.4 is 5.32 Å². The lowest BCUT2D eigenvalue weighted by molar-refractivity contribution is 0.537. The molecule has 0 saturated heterocycles. The number of rotatable bonds is 6. The van der Waals surface area contributed by atoms with Gasteiger partial charge in [-0.25, -0.2) is 0 Å². The van der Waals surface area contributed by atoms with Crippen LogP contribution in [0.25, 0.3) is 0 Å². The van der Waals surface area contributed by atoms with Crippen LogP contribution in [-0.2, 0) is 0 Å². The smallest absolute Gasteiger partial charge is 0.0317 e. The summed E-state index contributed by atoms with van der Waals surface area (Å²) < 4.78 is 0. The summed E-state index contributed by atoms with van der Waals surface area (Å²) in [6.45, 7) is 9.96. The summed E-state index contributed by atoms with van der Waals surface area (Å²) in [5.41, 5.74) is 2.87. The van der Waals surface area contributed by atoms with Gasteiger partial charge in [-0.3, -0.25) is 0 Å². The Hall–Kier alpha value is -0.820. The summed E-state index contributed by atoms with van der Waals surface area (Å²) in [5, 5.41) is 3.51. The van der Waals surface area contributed by atoms with Crippen LogP contribution in [0.3, 0.4) is 0 Å². The summed E-state index contributed by atoms with van der Waals surface area (Å²) in [4.78, 5) is 0. The molecule has 1 aromatic carbocycles. The van der Waals surface area contributed by atoms with Crippen LogP contribution in [0.5, 0.6) is 0 Å². The lowest BCUT2D eigenvalue weighted by Gasteiger charge is -2.17. The Kier molecular flexibility index (Phi) is 5.54. The zero-order chi connectivity index (χ0) is 12.0. The summed E-state index contributed by atoms with van der Waals surface area (Å²) in [7, 11) is 0. The minimum Gasteiger partial charge on any atom is -0.310 e. The molecule has 90 valence electrons. The van der Waals surface area contributed by atoms with Crippen LogP contribution in [0.4, 0.5) is 0 Å². The van der Waals surface area contributed by atoms with Gasteiger partial charge in [-0.15, -0.1) is 0 Å². The predicted molar refractivity (Wildman–Crippen MR) is 71.9 cm³/mol. The standard InChI is InChI=1S/C15H25N/c1-5-12(4)13-8-10-14(11-9-13)15(6-2)16-7-3/h8-12,15-16H,5-7H2,1-4H3. The van der Waals surface area contributed by atoms with Gasteiger partial charge in [0, 0.05) is 6.04 Å². The highest BCUT2D eigenvalue weighted by Gasteiger charge is 2.08. The van der Waals surface area contributed by atoms with Gasteiger partial charge < -0.3 is 5.32 Å². The van der Waals surface area contributed by atoms with Crippen LogP contribution in [-0.4, -0.2) is 6.54 Å². The second kappa shape index (κ2) is 6.70. The van der Waals surface area contributed by atoms with Crippen molar-refractivity contribution in [3.05, 3.63) is 35.4 Å². The lowest BCUT2D eigenvalue weighted by Crippen LogP contribution is -2.19. The molecule has 0 heterocycles. The Morgan fingerprint density at radius 1 is 0.938 bits per heavy atom. The molecule has 0 aliphatic rings. The van der Waals surface area contributed by atoms with Crippen LogP contribution >= 0.6 is 0 Å². The molecule has 0 bridgehead atoms. The Morgan fingerprint density at radius 2 is 1.50 bits per heavy atom. The molecule has 1 aromatic rings. The van der Waals surface area contributed by atoms with Crippen LogP contribution in [0.15, 0.2) is 24.3 Å². The van der Waals surface area contributed by atoms with E-state index in [2.05, 4.69) is 57.3 Å². The van der Waals surface area contributed by atoms with Crippen molar-refractivity contribution in [1.29, 1.82) is 0 Å². The van der Waals surface area contributed by atoms with Gasteiger partial charge in [0.15, 0.2) is 0 Å². The minimum atomic E-state index is 0.510. The molecule has 0 saturated carbocycles. The Morgan fingerprint density at radius 3 is 1.94 bits per heavy atom. The van der Waals surface area contributed by atoms with Crippen molar-refractivity contribution in [3.63, 3.8) is 0 Å². The average Bonchev–Trinajstić information content (AvgIpc) is 2.35. The van der Waals surface area contributed by atoms with Crippen LogP contribution in [0.2, 0.25) is 0 Å². The summed E-state index contributed by atoms with van der Waals surface area (Å²) in [6.07, 6.45) is 2.36. The summed E-state index contributed by atoms with van der Waals surface area (Å²) >= 11 is 0. The lowest BCUT2D eigenvalue weighted by atomic mass is 9.95. The minimum absolute atomic E-state index is 0.510. The van der Waals surface area contributed by atoms with E-state index in [0.29, 0.717) is 12.0 Å². The molecule has 0 aliphatic heterocycles. The predicted octanol–water partition coefficient (Wildman–Crippen LogP) is 4.26. The normalized spacial score (nSPS) is 14.8. The molecular weight excluding hydrogens is 194 g/mol. The first-order valence-electron chi connectivity index (χ1n) is 6.56. The van der Waals surface area contributed by atoms with Gasteiger partial charge in [0.25, 0.3) is 0 Å². The van der Waals surface area contributed by atoms with Crippen LogP contribution in [0.1, 0.15) is 63.6 Å². The zero-order valence-electron chi connectivity index (χ0n) is 11.1. The molecular formula is C15H25N. The maximum Gasteiger partial charge on any atom is 0.0317 e. The summed E-state index contributed by atoms with van der Waals surface area (Å²) in [5.74, 6) is 0.674. The third kappa shape index (κ3) is 3.34. The Balaban J connectivity index is 2.76. The largest absolute Gasteiger partial charge is 0.310 e. The first kappa shape index (κ1) is 13.2. The second-order valence-electron chi connectivity index (χ2n) is 4.49. The highest BCUT2D eigenvalue weighted by molar-refractivity contribution is 5.27. The fraction of sp³-hybridized carbons (Fsp3) is 0.600. The molecule has 2 atom stereocenters. The quantitative estimate of drug-likeness (QED) is 0.753. The van der Waals surface area contributed by atoms with Crippen molar-refractivity contribution >= 4 is 0 Å². The summed E-state index contributed by atoms with van der Waals surface area (Å²) in [6, 6.07) is 9.62. The van der Waals surface area contributed by atoms with Crippen molar-refractivity contribution in [1.82, 2.24) is 5.32 Å². The van der Waals surface area contributed by atoms with E-state index in [4.69, 9.17) is 0 Å². The molecule has 1 nitrogen and oxygen atoms in total. The first-order valence-corrected chi connectivity index (χ1v) is 6.56. The van der Waals surface area contributed by atoms with Crippen molar-refractivity contribution in [3.8, 4) is 0 Å². The molecule has 0 aliphatic carbocycles. The Bertz CT molecular complexity index is 289. The van der Waals surface area contributed by atoms with E-state index in [1.165, 1.54) is 17.5 Å². The topological polar surface area (TPSA) is 12.0 Å². The monoisotopic (exact) mass is 219 g/mol. The molecule has 0 amide bonds. The van der Waals surface area contributed by atoms with Gasteiger partial charge in [0.2, 0.25) is 0 Å². The highest BCUT2D eigenvalue weighted by Crippen LogP contribution is 2.22. The third-order valence-corrected chi connectivity index (χ3v) is 3.38. The molecule has 0 spiro atoms. The van der Waals surface area contributed by atoms with E-state index in [-0.39, 0.29) is 0 Å². The second-order valence-corrected chi connectivity index (χ2v) is 4.49. The van der Waals surface area contributed by atoms with Gasteiger partial charge in [0.05, 0.1) is 0 Å². The third-order valence-electron chi connectivity index (χ3n) is 3.38. The maximum absolute atomic E-state index is 3.51. The molecule has 1 N–H and O–H groups in total. The fourth-order valence-corrected chi connectivity index (χ4v) is 2.04. The first-order chi connectivity index (χ1) is 7.72. The van der Waals surface area contributed by atoms with Gasteiger partial charge >= 0.3 is 0 Å². The van der Waals surface area contributed by atoms with E-state index in [9.17, 15) is 0 Å². The average molecular weight is 219 g/mol. The van der Waals surface area contributed by atoms with Crippen molar-refractivity contribution < 1.29 is 0 Å². The van der Waals surface area contributed by atoms with E-state index in [1.54, 1.807) is 0 Å². The fourth-order valence-electron chi connectivity index (χ4n) is 2.04. The number of hydrogen-bond acceptors (Lipinski definition) is 1. The Labute approximate surface area is 100 Å². The molecule has 1 heteroatoms. The number of nitrogens with one attached hydrogen (secondary N) is 1. The molecule has 0 aromatic heterocycles. The van der Waals surface area contributed by atoms with E-state index in [0.717, 1.165) is 13.0 Å². The van der Waals surface area contributed by atoms with E-state index < -0.39 is 0 Å². The van der Waals surface area contributed by atoms with Crippen molar-refractivity contribution in [2.45, 2.75) is 52.5 Å². The molecule has 0 radical (unpaired) electrons. The van der Waals surface area contributed by atoms with Gasteiger partial charge in [-0.05, 0) is 36.4 Å². The van der Waals surface area contributed by atoms with Crippen molar-refractivity contribution in [2.24, 2.45) is 0 Å². The zero-order valence-corrected chi connectivity index (χ0v) is 11.1. The van der Waals surface area contributed by atoms with E-state index in [1.807, 2.05) is 0 Å². The van der Waals surface area contributed by atoms with Gasteiger partial charge in [-0.2, -0.15) is 0 Å². The van der Waals surface area contributed by atoms with Gasteiger partial charge in [0.1, 0.15) is 0 Å². The molecule has 16 heavy (non-hydrogen) atoms. The van der Waals surface area contributed by atoms with E-state index >= 15 is 0 Å². The number of hydrogen-bond donors (Lipinski definition) is 1. The SMILES string of the molecule is CCNC(CC)c1ccc(C(C)CC)cc1. The van der Waals surface area contributed by atoms with Gasteiger partial charge in [-0.1, -0.05) is 52.0 Å². The molecule has 1 rings (SSSR count).